The van der Waals surface area contributed by atoms with E-state index in [1.54, 1.807) is 0 Å². The van der Waals surface area contributed by atoms with E-state index in [4.69, 9.17) is 38.2 Å². The van der Waals surface area contributed by atoms with Gasteiger partial charge in [-0.25, -0.2) is 0 Å². The zero-order valence-corrected chi connectivity index (χ0v) is 25.4. The first-order chi connectivity index (χ1) is 20.5. The monoisotopic (exact) mass is 601 g/mol. The second kappa shape index (κ2) is 13.0. The van der Waals surface area contributed by atoms with Crippen molar-refractivity contribution in [1.29, 1.82) is 0 Å². The number of piperidine rings is 1. The Morgan fingerprint density at radius 3 is 2.36 bits per heavy atom. The number of rotatable bonds is 7. The highest BCUT2D eigenvalue weighted by molar-refractivity contribution is 7.80. The van der Waals surface area contributed by atoms with Crippen molar-refractivity contribution in [1.82, 2.24) is 15.3 Å². The van der Waals surface area contributed by atoms with Crippen molar-refractivity contribution >= 4 is 52.2 Å². The molecule has 4 aromatic rings. The van der Waals surface area contributed by atoms with Crippen molar-refractivity contribution in [3.8, 4) is 11.3 Å². The fourth-order valence-corrected chi connectivity index (χ4v) is 5.88. The maximum absolute atomic E-state index is 6.02. The maximum atomic E-state index is 6.02. The maximum Gasteiger partial charge on any atom is 0.232 e. The average molecular weight is 602 g/mol. The van der Waals surface area contributed by atoms with E-state index in [1.807, 2.05) is 36.4 Å². The minimum Gasteiger partial charge on any atom is -0.459 e. The number of hydrogen-bond donors (Lipinski definition) is 2. The summed E-state index contributed by atoms with van der Waals surface area (Å²) in [5.41, 5.74) is 2.24. The molecule has 2 aromatic carbocycles. The smallest absolute Gasteiger partial charge is 0.232 e. The molecule has 8 nitrogen and oxygen atoms in total. The van der Waals surface area contributed by atoms with Gasteiger partial charge in [-0.1, -0.05) is 36.7 Å². The highest BCUT2D eigenvalue weighted by Crippen LogP contribution is 2.28. The number of nitrogens with one attached hydrogen (secondary N) is 2. The van der Waals surface area contributed by atoms with Crippen molar-refractivity contribution in [2.45, 2.75) is 26.3 Å². The number of hydrogen-bond acceptors (Lipinski definition) is 7. The van der Waals surface area contributed by atoms with Gasteiger partial charge in [0.05, 0.1) is 6.54 Å². The van der Waals surface area contributed by atoms with Crippen LogP contribution in [0.3, 0.4) is 0 Å². The standard InChI is InChI=1S/C32H36ClN7OS/c1-23-6-5-15-40(22-23)30-20-29(39-18-16-38(17-19-39)26-7-3-2-4-8-26)35-31(36-30)37-32(42)34-21-27-13-14-28(41-27)24-9-11-25(33)12-10-24/h2-4,7-14,20,23H,5-6,15-19,21-22H2,1H3,(H2,34,35,36,37,42). The van der Waals surface area contributed by atoms with Crippen molar-refractivity contribution in [2.75, 3.05) is 59.3 Å². The summed E-state index contributed by atoms with van der Waals surface area (Å²) < 4.78 is 6.02. The fourth-order valence-electron chi connectivity index (χ4n) is 5.59. The Balaban J connectivity index is 1.13. The summed E-state index contributed by atoms with van der Waals surface area (Å²) in [5.74, 6) is 4.57. The third kappa shape index (κ3) is 6.97. The predicted octanol–water partition coefficient (Wildman–Crippen LogP) is 6.44. The van der Waals surface area contributed by atoms with Gasteiger partial charge in [-0.05, 0) is 79.5 Å². The lowest BCUT2D eigenvalue weighted by Gasteiger charge is -2.37. The summed E-state index contributed by atoms with van der Waals surface area (Å²) in [6, 6.07) is 24.2. The molecule has 1 atom stereocenters. The largest absolute Gasteiger partial charge is 0.459 e. The van der Waals surface area contributed by atoms with Crippen LogP contribution < -0.4 is 25.3 Å². The molecular formula is C32H36ClN7OS. The minimum atomic E-state index is 0.442. The van der Waals surface area contributed by atoms with Gasteiger partial charge in [0.2, 0.25) is 5.95 Å². The molecule has 2 fully saturated rings. The second-order valence-electron chi connectivity index (χ2n) is 11.0. The van der Waals surface area contributed by atoms with Crippen LogP contribution in [0.5, 0.6) is 0 Å². The van der Waals surface area contributed by atoms with Gasteiger partial charge in [0, 0.05) is 61.6 Å². The minimum absolute atomic E-state index is 0.442. The number of benzene rings is 2. The van der Waals surface area contributed by atoms with Gasteiger partial charge < -0.3 is 29.8 Å². The topological polar surface area (TPSA) is 72.7 Å². The molecule has 1 unspecified atom stereocenters. The van der Waals surface area contributed by atoms with E-state index >= 15 is 0 Å². The predicted molar refractivity (Wildman–Crippen MR) is 176 cm³/mol. The van der Waals surface area contributed by atoms with Crippen molar-refractivity contribution in [3.05, 3.63) is 83.6 Å². The van der Waals surface area contributed by atoms with Crippen molar-refractivity contribution in [3.63, 3.8) is 0 Å². The van der Waals surface area contributed by atoms with E-state index < -0.39 is 0 Å². The van der Waals surface area contributed by atoms with E-state index in [0.29, 0.717) is 28.5 Å². The molecule has 218 valence electrons. The molecule has 10 heteroatoms. The third-order valence-corrected chi connectivity index (χ3v) is 8.34. The summed E-state index contributed by atoms with van der Waals surface area (Å²) in [6.45, 7) is 8.39. The van der Waals surface area contributed by atoms with Crippen molar-refractivity contribution in [2.24, 2.45) is 5.92 Å². The Hall–Kier alpha value is -3.82. The average Bonchev–Trinajstić information content (AvgIpc) is 3.50. The third-order valence-electron chi connectivity index (χ3n) is 7.84. The van der Waals surface area contributed by atoms with Gasteiger partial charge in [0.25, 0.3) is 0 Å². The Kier molecular flexibility index (Phi) is 8.76. The summed E-state index contributed by atoms with van der Waals surface area (Å²) in [5, 5.41) is 7.63. The molecular weight excluding hydrogens is 566 g/mol. The van der Waals surface area contributed by atoms with Gasteiger partial charge >= 0.3 is 0 Å². The SMILES string of the molecule is CC1CCCN(c2cc(N3CCN(c4ccccc4)CC3)nc(NC(=S)NCc3ccc(-c4ccc(Cl)cc4)o3)n2)C1. The van der Waals surface area contributed by atoms with Crippen LogP contribution in [-0.2, 0) is 6.54 Å². The van der Waals surface area contributed by atoms with Crippen LogP contribution in [0, 0.1) is 5.92 Å². The molecule has 2 aliphatic rings. The molecule has 0 saturated carbocycles. The molecule has 2 aromatic heterocycles. The number of aromatic nitrogens is 2. The quantitative estimate of drug-likeness (QED) is 0.233. The van der Waals surface area contributed by atoms with Gasteiger partial charge in [0.1, 0.15) is 23.2 Å². The highest BCUT2D eigenvalue weighted by atomic mass is 35.5. The molecule has 0 radical (unpaired) electrons. The molecule has 42 heavy (non-hydrogen) atoms. The van der Waals surface area contributed by atoms with Crippen LogP contribution in [0.4, 0.5) is 23.3 Å². The van der Waals surface area contributed by atoms with Crippen LogP contribution in [0.2, 0.25) is 5.02 Å². The van der Waals surface area contributed by atoms with Crippen LogP contribution in [0.25, 0.3) is 11.3 Å². The molecule has 6 rings (SSSR count). The van der Waals surface area contributed by atoms with Crippen LogP contribution in [0.1, 0.15) is 25.5 Å². The van der Waals surface area contributed by atoms with Gasteiger partial charge in [-0.15, -0.1) is 0 Å². The first kappa shape index (κ1) is 28.3. The lowest BCUT2D eigenvalue weighted by atomic mass is 10.0. The molecule has 0 spiro atoms. The molecule has 2 aliphatic heterocycles. The first-order valence-corrected chi connectivity index (χ1v) is 15.4. The molecule has 0 amide bonds. The van der Waals surface area contributed by atoms with Crippen LogP contribution in [-0.4, -0.2) is 54.3 Å². The van der Waals surface area contributed by atoms with Crippen LogP contribution in [0.15, 0.2) is 77.2 Å². The Morgan fingerprint density at radius 2 is 1.62 bits per heavy atom. The molecule has 2 saturated heterocycles. The molecule has 4 heterocycles. The normalized spacial score (nSPS) is 17.3. The number of anilines is 4. The van der Waals surface area contributed by atoms with E-state index in [0.717, 1.165) is 68.0 Å². The summed E-state index contributed by atoms with van der Waals surface area (Å²) in [6.07, 6.45) is 2.42. The van der Waals surface area contributed by atoms with E-state index in [9.17, 15) is 0 Å². The zero-order valence-electron chi connectivity index (χ0n) is 23.8. The number of nitrogens with zero attached hydrogens (tertiary/aromatic N) is 5. The highest BCUT2D eigenvalue weighted by Gasteiger charge is 2.23. The van der Waals surface area contributed by atoms with E-state index in [-0.39, 0.29) is 0 Å². The second-order valence-corrected chi connectivity index (χ2v) is 11.8. The number of para-hydroxylation sites is 1. The summed E-state index contributed by atoms with van der Waals surface area (Å²) in [7, 11) is 0. The van der Waals surface area contributed by atoms with Gasteiger partial charge in [0.15, 0.2) is 5.11 Å². The number of thiocarbonyl (C=S) groups is 1. The number of piperazine rings is 1. The zero-order chi connectivity index (χ0) is 28.9. The summed E-state index contributed by atoms with van der Waals surface area (Å²) in [4.78, 5) is 17.0. The first-order valence-electron chi connectivity index (χ1n) is 14.6. The number of furan rings is 1. The van der Waals surface area contributed by atoms with Gasteiger partial charge in [-0.3, -0.25) is 0 Å². The lowest BCUT2D eigenvalue weighted by molar-refractivity contribution is 0.444. The molecule has 0 aliphatic carbocycles. The Labute approximate surface area is 257 Å². The van der Waals surface area contributed by atoms with Crippen LogP contribution >= 0.6 is 23.8 Å². The molecule has 0 bridgehead atoms. The Morgan fingerprint density at radius 1 is 0.905 bits per heavy atom. The fraction of sp³-hybridized carbons (Fsp3) is 0.344. The van der Waals surface area contributed by atoms with Crippen molar-refractivity contribution < 1.29 is 4.42 Å². The lowest BCUT2D eigenvalue weighted by Crippen LogP contribution is -2.47. The van der Waals surface area contributed by atoms with E-state index in [2.05, 4.69) is 68.7 Å². The number of halogens is 1. The summed E-state index contributed by atoms with van der Waals surface area (Å²) >= 11 is 11.7. The van der Waals surface area contributed by atoms with Gasteiger partial charge in [-0.2, -0.15) is 9.97 Å². The van der Waals surface area contributed by atoms with E-state index in [1.165, 1.54) is 18.5 Å². The molecule has 2 N–H and O–H groups in total. The Bertz CT molecular complexity index is 1490.